The fourth-order valence-corrected chi connectivity index (χ4v) is 8.52. The number of aromatic nitrogens is 2. The Morgan fingerprint density at radius 3 is 2.91 bits per heavy atom. The molecule has 1 saturated heterocycles. The van der Waals surface area contributed by atoms with Gasteiger partial charge < -0.3 is 23.5 Å². The van der Waals surface area contributed by atoms with Gasteiger partial charge in [-0.3, -0.25) is 0 Å². The Morgan fingerprint density at radius 2 is 2.12 bits per heavy atom. The molecule has 7 nitrogen and oxygen atoms in total. The molecule has 2 aliphatic heterocycles. The molecule has 33 heavy (non-hydrogen) atoms. The van der Waals surface area contributed by atoms with Gasteiger partial charge in [-0.05, 0) is 50.2 Å². The molecular formula is C25H29N3O4S. The van der Waals surface area contributed by atoms with E-state index in [2.05, 4.69) is 53.4 Å². The van der Waals surface area contributed by atoms with Gasteiger partial charge in [-0.2, -0.15) is 0 Å². The maximum absolute atomic E-state index is 6.95. The smallest absolute Gasteiger partial charge is 0.276 e. The van der Waals surface area contributed by atoms with Crippen LogP contribution in [-0.4, -0.2) is 66.4 Å². The Labute approximate surface area is 197 Å². The molecular weight excluding hydrogens is 438 g/mol. The average Bonchev–Trinajstić information content (AvgIpc) is 3.44. The largest absolute Gasteiger partial charge is 0.493 e. The van der Waals surface area contributed by atoms with Gasteiger partial charge in [0.25, 0.3) is 5.22 Å². The van der Waals surface area contributed by atoms with E-state index in [0.29, 0.717) is 17.2 Å². The number of rotatable bonds is 5. The van der Waals surface area contributed by atoms with Crippen molar-refractivity contribution in [2.24, 2.45) is 5.41 Å². The molecule has 6 aliphatic rings. The van der Waals surface area contributed by atoms with Gasteiger partial charge in [-0.25, -0.2) is 0 Å². The molecule has 2 aromatic rings. The van der Waals surface area contributed by atoms with Crippen LogP contribution < -0.4 is 9.47 Å². The van der Waals surface area contributed by atoms with E-state index in [1.54, 1.807) is 26.0 Å². The monoisotopic (exact) mass is 467 g/mol. The SMILES string of the molecule is CCSc1nnc([C@H]2C[C@@]34C=C[C@]2(OC)[C@@H]2Oc5c(OC)ccc6c5[C@@]23CCN(C)[C@@H]4C6)o1. The van der Waals surface area contributed by atoms with Crippen molar-refractivity contribution < 1.29 is 18.6 Å². The number of benzene rings is 1. The molecule has 1 aromatic carbocycles. The number of fused-ring (bicyclic) bond motifs is 1. The summed E-state index contributed by atoms with van der Waals surface area (Å²) in [6, 6.07) is 4.69. The lowest BCUT2D eigenvalue weighted by molar-refractivity contribution is -0.200. The first-order valence-corrected chi connectivity index (χ1v) is 12.8. The number of ether oxygens (including phenoxy) is 3. The van der Waals surface area contributed by atoms with E-state index in [1.165, 1.54) is 11.1 Å². The highest BCUT2D eigenvalue weighted by atomic mass is 32.2. The Hall–Kier alpha value is -2.03. The van der Waals surface area contributed by atoms with E-state index in [4.69, 9.17) is 18.6 Å². The van der Waals surface area contributed by atoms with Gasteiger partial charge >= 0.3 is 0 Å². The first-order valence-electron chi connectivity index (χ1n) is 11.8. The van der Waals surface area contributed by atoms with E-state index < -0.39 is 5.60 Å². The Balaban J connectivity index is 1.49. The minimum absolute atomic E-state index is 0.0693. The van der Waals surface area contributed by atoms with Crippen molar-refractivity contribution in [2.75, 3.05) is 33.6 Å². The summed E-state index contributed by atoms with van der Waals surface area (Å²) in [6.07, 6.45) is 7.48. The van der Waals surface area contributed by atoms with Crippen LogP contribution in [0.25, 0.3) is 0 Å². The summed E-state index contributed by atoms with van der Waals surface area (Å²) in [7, 11) is 5.79. The number of hydrogen-bond donors (Lipinski definition) is 0. The molecule has 4 aliphatic carbocycles. The summed E-state index contributed by atoms with van der Waals surface area (Å²) in [5, 5.41) is 9.46. The number of methoxy groups -OCH3 is 2. The third-order valence-electron chi connectivity index (χ3n) is 9.27. The summed E-state index contributed by atoms with van der Waals surface area (Å²) < 4.78 is 25.4. The van der Waals surface area contributed by atoms with Crippen LogP contribution in [0.1, 0.15) is 42.7 Å². The van der Waals surface area contributed by atoms with Gasteiger partial charge in [0.2, 0.25) is 5.89 Å². The highest BCUT2D eigenvalue weighted by Gasteiger charge is 2.79. The molecule has 3 heterocycles. The molecule has 4 bridgehead atoms. The minimum Gasteiger partial charge on any atom is -0.493 e. The summed E-state index contributed by atoms with van der Waals surface area (Å²) in [5.74, 6) is 3.20. The molecule has 0 radical (unpaired) electrons. The summed E-state index contributed by atoms with van der Waals surface area (Å²) in [4.78, 5) is 2.55. The zero-order valence-corrected chi connectivity index (χ0v) is 20.3. The molecule has 174 valence electrons. The summed E-state index contributed by atoms with van der Waals surface area (Å²) in [6.45, 7) is 3.13. The Morgan fingerprint density at radius 1 is 1.24 bits per heavy atom. The van der Waals surface area contributed by atoms with Crippen LogP contribution in [0.4, 0.5) is 0 Å². The summed E-state index contributed by atoms with van der Waals surface area (Å²) >= 11 is 1.58. The second-order valence-corrected chi connectivity index (χ2v) is 11.3. The number of thioether (sulfide) groups is 1. The number of hydrogen-bond acceptors (Lipinski definition) is 8. The normalized spacial score (nSPS) is 39.5. The zero-order chi connectivity index (χ0) is 22.6. The van der Waals surface area contributed by atoms with Crippen molar-refractivity contribution >= 4 is 11.8 Å². The third-order valence-corrected chi connectivity index (χ3v) is 9.97. The van der Waals surface area contributed by atoms with E-state index in [1.807, 2.05) is 0 Å². The predicted molar refractivity (Wildman–Crippen MR) is 123 cm³/mol. The van der Waals surface area contributed by atoms with Crippen molar-refractivity contribution in [1.29, 1.82) is 0 Å². The van der Waals surface area contributed by atoms with Gasteiger partial charge in [-0.15, -0.1) is 10.2 Å². The molecule has 2 fully saturated rings. The maximum atomic E-state index is 6.95. The molecule has 0 amide bonds. The standard InChI is InChI=1S/C25H29N3O4S/c1-5-33-22-27-26-20(32-22)15-13-23-8-9-25(15,30-4)21-24(23)10-11-28(2)17(23)12-14-6-7-16(29-3)19(31-21)18(14)24/h6-9,15,17,21H,5,10-13H2,1-4H3/t15-,17-,21-,23-,24+,25-/m1/s1. The minimum atomic E-state index is -0.679. The molecule has 2 spiro atoms. The van der Waals surface area contributed by atoms with Crippen molar-refractivity contribution in [3.05, 3.63) is 41.3 Å². The van der Waals surface area contributed by atoms with E-state index >= 15 is 0 Å². The van der Waals surface area contributed by atoms with Gasteiger partial charge in [-0.1, -0.05) is 36.9 Å². The van der Waals surface area contributed by atoms with Crippen LogP contribution in [0.2, 0.25) is 0 Å². The molecule has 0 N–H and O–H groups in total. The highest BCUT2D eigenvalue weighted by Crippen LogP contribution is 2.75. The van der Waals surface area contributed by atoms with Crippen molar-refractivity contribution in [3.8, 4) is 11.5 Å². The third kappa shape index (κ3) is 2.13. The van der Waals surface area contributed by atoms with Crippen LogP contribution in [0.5, 0.6) is 11.5 Å². The van der Waals surface area contributed by atoms with Gasteiger partial charge in [0.05, 0.1) is 18.4 Å². The van der Waals surface area contributed by atoms with Crippen molar-refractivity contribution in [2.45, 2.75) is 60.5 Å². The quantitative estimate of drug-likeness (QED) is 0.488. The Bertz CT molecular complexity index is 1180. The molecule has 6 atom stereocenters. The second-order valence-electron chi connectivity index (χ2n) is 10.1. The predicted octanol–water partition coefficient (Wildman–Crippen LogP) is 3.58. The zero-order valence-electron chi connectivity index (χ0n) is 19.5. The maximum Gasteiger partial charge on any atom is 0.276 e. The second kappa shape index (κ2) is 6.55. The van der Waals surface area contributed by atoms with Crippen LogP contribution in [-0.2, 0) is 16.6 Å². The lowest BCUT2D eigenvalue weighted by Crippen LogP contribution is -2.78. The van der Waals surface area contributed by atoms with E-state index in [0.717, 1.165) is 43.1 Å². The number of likely N-dealkylation sites (N-methyl/N-ethyl adjacent to an activating group) is 1. The van der Waals surface area contributed by atoms with Crippen LogP contribution in [0.15, 0.2) is 33.9 Å². The first-order chi connectivity index (χ1) is 16.0. The molecule has 1 aromatic heterocycles. The molecule has 0 unspecified atom stereocenters. The van der Waals surface area contributed by atoms with E-state index in [9.17, 15) is 0 Å². The average molecular weight is 468 g/mol. The van der Waals surface area contributed by atoms with Crippen molar-refractivity contribution in [1.82, 2.24) is 15.1 Å². The van der Waals surface area contributed by atoms with Gasteiger partial charge in [0.15, 0.2) is 11.5 Å². The summed E-state index contributed by atoms with van der Waals surface area (Å²) in [5.41, 5.74) is 1.82. The molecule has 8 rings (SSSR count). The molecule has 8 heteroatoms. The van der Waals surface area contributed by atoms with Crippen molar-refractivity contribution in [3.63, 3.8) is 0 Å². The fourth-order valence-electron chi connectivity index (χ4n) is 8.03. The lowest BCUT2D eigenvalue weighted by Gasteiger charge is -2.70. The van der Waals surface area contributed by atoms with Crippen LogP contribution in [0.3, 0.4) is 0 Å². The highest BCUT2D eigenvalue weighted by molar-refractivity contribution is 7.99. The molecule has 1 saturated carbocycles. The van der Waals surface area contributed by atoms with Crippen LogP contribution in [0, 0.1) is 5.41 Å². The van der Waals surface area contributed by atoms with Gasteiger partial charge in [0, 0.05) is 24.1 Å². The first kappa shape index (κ1) is 20.4. The number of likely N-dealkylation sites (tertiary alicyclic amines) is 1. The van der Waals surface area contributed by atoms with E-state index in [-0.39, 0.29) is 22.9 Å². The van der Waals surface area contributed by atoms with Crippen LogP contribution >= 0.6 is 11.8 Å². The number of piperidine rings is 1. The Kier molecular flexibility index (Phi) is 4.04. The fraction of sp³-hybridized carbons (Fsp3) is 0.600. The topological polar surface area (TPSA) is 69.9 Å². The number of nitrogens with zero attached hydrogens (tertiary/aromatic N) is 3. The lowest BCUT2D eigenvalue weighted by atomic mass is 9.37. The van der Waals surface area contributed by atoms with Gasteiger partial charge in [0.1, 0.15) is 11.7 Å².